The van der Waals surface area contributed by atoms with Crippen molar-refractivity contribution in [2.24, 2.45) is 22.7 Å². The topological polar surface area (TPSA) is 63.6 Å². The van der Waals surface area contributed by atoms with Crippen molar-refractivity contribution in [3.63, 3.8) is 0 Å². The molecule has 1 saturated heterocycles. The molecule has 1 aliphatic heterocycles. The summed E-state index contributed by atoms with van der Waals surface area (Å²) in [6.07, 6.45) is 2.38. The Morgan fingerprint density at radius 3 is 1.89 bits per heavy atom. The molecule has 4 heteroatoms. The molecule has 0 amide bonds. The van der Waals surface area contributed by atoms with Crippen molar-refractivity contribution in [2.75, 3.05) is 0 Å². The van der Waals surface area contributed by atoms with E-state index < -0.39 is 0 Å². The van der Waals surface area contributed by atoms with Crippen LogP contribution in [-0.4, -0.2) is 28.9 Å². The highest BCUT2D eigenvalue weighted by Gasteiger charge is 2.57. The smallest absolute Gasteiger partial charge is 0.139 e. The Bertz CT molecular complexity index is 736. The summed E-state index contributed by atoms with van der Waals surface area (Å²) >= 11 is 0. The Hall–Kier alpha value is -1.68. The summed E-state index contributed by atoms with van der Waals surface area (Å²) in [6, 6.07) is 7.11. The lowest BCUT2D eigenvalue weighted by molar-refractivity contribution is -0.186. The fraction of sp³-hybridized carbons (Fsp3) is 0.652. The Balaban J connectivity index is 1.80. The fourth-order valence-corrected chi connectivity index (χ4v) is 5.80. The Labute approximate surface area is 161 Å². The lowest BCUT2D eigenvalue weighted by Crippen LogP contribution is -2.58. The zero-order chi connectivity index (χ0) is 19.6. The number of hydrogen-bond donors (Lipinski definition) is 1. The average Bonchev–Trinajstić information content (AvgIpc) is 2.50. The maximum Gasteiger partial charge on any atom is 0.139 e. The number of phenols is 1. The molecule has 2 aliphatic carbocycles. The van der Waals surface area contributed by atoms with Gasteiger partial charge in [0.1, 0.15) is 17.3 Å². The van der Waals surface area contributed by atoms with Crippen molar-refractivity contribution in [3.05, 3.63) is 29.8 Å². The van der Waals surface area contributed by atoms with Gasteiger partial charge in [0.05, 0.1) is 24.0 Å². The zero-order valence-electron chi connectivity index (χ0n) is 16.7. The second-order valence-corrected chi connectivity index (χ2v) is 10.4. The van der Waals surface area contributed by atoms with Crippen LogP contribution in [0.25, 0.3) is 0 Å². The average molecular weight is 370 g/mol. The maximum absolute atomic E-state index is 13.2. The van der Waals surface area contributed by atoms with Gasteiger partial charge < -0.3 is 9.84 Å². The van der Waals surface area contributed by atoms with Crippen molar-refractivity contribution < 1.29 is 19.4 Å². The van der Waals surface area contributed by atoms with Gasteiger partial charge in [-0.15, -0.1) is 0 Å². The summed E-state index contributed by atoms with van der Waals surface area (Å²) in [5.74, 6) is -0.230. The SMILES string of the molecule is CC1(C)CC(=O)C2C(C1)OC1CC(C)(C)CC(=O)C1C2c1cccc(O)c1. The van der Waals surface area contributed by atoms with E-state index in [1.807, 2.05) is 6.07 Å². The van der Waals surface area contributed by atoms with Crippen LogP contribution in [0.2, 0.25) is 0 Å². The number of phenolic OH excluding ortho intramolecular Hbond substituents is 1. The van der Waals surface area contributed by atoms with Crippen LogP contribution in [0.1, 0.15) is 64.9 Å². The first kappa shape index (κ1) is 18.7. The first-order chi connectivity index (χ1) is 12.6. The van der Waals surface area contributed by atoms with Crippen LogP contribution in [0.4, 0.5) is 0 Å². The van der Waals surface area contributed by atoms with E-state index in [1.54, 1.807) is 18.2 Å². The van der Waals surface area contributed by atoms with Crippen molar-refractivity contribution in [1.82, 2.24) is 0 Å². The van der Waals surface area contributed by atoms with Crippen LogP contribution >= 0.6 is 0 Å². The highest BCUT2D eigenvalue weighted by molar-refractivity contribution is 5.89. The van der Waals surface area contributed by atoms with Gasteiger partial charge in [-0.05, 0) is 41.4 Å². The molecule has 4 nitrogen and oxygen atoms in total. The quantitative estimate of drug-likeness (QED) is 0.802. The van der Waals surface area contributed by atoms with Crippen molar-refractivity contribution in [2.45, 2.75) is 71.5 Å². The van der Waals surface area contributed by atoms with Crippen LogP contribution in [-0.2, 0) is 14.3 Å². The molecule has 1 aromatic rings. The van der Waals surface area contributed by atoms with Crippen molar-refractivity contribution >= 4 is 11.6 Å². The van der Waals surface area contributed by atoms with Gasteiger partial charge in [0.2, 0.25) is 0 Å². The molecule has 2 saturated carbocycles. The number of Topliss-reactive ketones (excluding diaryl/α,β-unsaturated/α-hetero) is 2. The number of ether oxygens (including phenoxy) is 1. The normalized spacial score (nSPS) is 37.4. The van der Waals surface area contributed by atoms with Crippen LogP contribution in [0.5, 0.6) is 5.75 Å². The second kappa shape index (κ2) is 6.16. The van der Waals surface area contributed by atoms with E-state index in [2.05, 4.69) is 27.7 Å². The molecule has 0 radical (unpaired) electrons. The maximum atomic E-state index is 13.2. The summed E-state index contributed by atoms with van der Waals surface area (Å²) < 4.78 is 6.48. The minimum atomic E-state index is -0.300. The van der Waals surface area contributed by atoms with Crippen molar-refractivity contribution in [3.8, 4) is 5.75 Å². The summed E-state index contributed by atoms with van der Waals surface area (Å²) in [5.41, 5.74) is 0.732. The minimum absolute atomic E-state index is 0.0807. The number of carbonyl (C=O) groups is 2. The molecular formula is C23H30O4. The number of hydrogen-bond acceptors (Lipinski definition) is 4. The predicted octanol–water partition coefficient (Wildman–Crippen LogP) is 4.25. The van der Waals surface area contributed by atoms with Gasteiger partial charge in [0, 0.05) is 18.8 Å². The molecule has 1 aromatic carbocycles. The predicted molar refractivity (Wildman–Crippen MR) is 103 cm³/mol. The molecule has 0 aromatic heterocycles. The van der Waals surface area contributed by atoms with Crippen LogP contribution in [0.3, 0.4) is 0 Å². The highest BCUT2D eigenvalue weighted by Crippen LogP contribution is 2.55. The van der Waals surface area contributed by atoms with Crippen LogP contribution in [0, 0.1) is 22.7 Å². The molecule has 146 valence electrons. The lowest BCUT2D eigenvalue weighted by atomic mass is 9.56. The van der Waals surface area contributed by atoms with Crippen LogP contribution < -0.4 is 0 Å². The number of aromatic hydroxyl groups is 1. The molecule has 3 fully saturated rings. The van der Waals surface area contributed by atoms with E-state index in [4.69, 9.17) is 4.74 Å². The molecule has 4 rings (SSSR count). The fourth-order valence-electron chi connectivity index (χ4n) is 5.80. The number of carbonyl (C=O) groups excluding carboxylic acids is 2. The van der Waals surface area contributed by atoms with Crippen molar-refractivity contribution in [1.29, 1.82) is 0 Å². The van der Waals surface area contributed by atoms with Gasteiger partial charge in [-0.1, -0.05) is 39.8 Å². The van der Waals surface area contributed by atoms with Gasteiger partial charge in [-0.3, -0.25) is 9.59 Å². The van der Waals surface area contributed by atoms with Gasteiger partial charge >= 0.3 is 0 Å². The summed E-state index contributed by atoms with van der Waals surface area (Å²) in [7, 11) is 0. The zero-order valence-corrected chi connectivity index (χ0v) is 16.7. The third-order valence-electron chi connectivity index (χ3n) is 6.74. The Morgan fingerprint density at radius 1 is 0.889 bits per heavy atom. The third-order valence-corrected chi connectivity index (χ3v) is 6.74. The van der Waals surface area contributed by atoms with E-state index in [0.717, 1.165) is 18.4 Å². The number of ketones is 2. The Kier molecular flexibility index (Phi) is 4.26. The number of benzene rings is 1. The van der Waals surface area contributed by atoms with Crippen LogP contribution in [0.15, 0.2) is 24.3 Å². The van der Waals surface area contributed by atoms with E-state index >= 15 is 0 Å². The van der Waals surface area contributed by atoms with E-state index in [-0.39, 0.29) is 58.1 Å². The summed E-state index contributed by atoms with van der Waals surface area (Å²) in [5, 5.41) is 10.0. The first-order valence-corrected chi connectivity index (χ1v) is 10.1. The molecule has 4 atom stereocenters. The molecular weight excluding hydrogens is 340 g/mol. The van der Waals surface area contributed by atoms with E-state index in [0.29, 0.717) is 12.8 Å². The standard InChI is InChI=1S/C23H30O4/c1-22(2)9-15(25)20-17(11-22)27-18-12-23(3,4)10-16(26)21(18)19(20)13-6-5-7-14(24)8-13/h5-8,17-21,24H,9-12H2,1-4H3. The second-order valence-electron chi connectivity index (χ2n) is 10.4. The molecule has 3 aliphatic rings. The summed E-state index contributed by atoms with van der Waals surface area (Å²) in [4.78, 5) is 26.3. The molecule has 4 unspecified atom stereocenters. The largest absolute Gasteiger partial charge is 0.508 e. The Morgan fingerprint density at radius 2 is 1.41 bits per heavy atom. The first-order valence-electron chi connectivity index (χ1n) is 10.1. The van der Waals surface area contributed by atoms with Gasteiger partial charge in [0.25, 0.3) is 0 Å². The molecule has 0 spiro atoms. The summed E-state index contributed by atoms with van der Waals surface area (Å²) in [6.45, 7) is 8.48. The molecule has 1 N–H and O–H groups in total. The van der Waals surface area contributed by atoms with E-state index in [1.165, 1.54) is 0 Å². The lowest BCUT2D eigenvalue weighted by Gasteiger charge is -2.54. The van der Waals surface area contributed by atoms with Gasteiger partial charge in [-0.2, -0.15) is 0 Å². The third kappa shape index (κ3) is 3.33. The number of fused-ring (bicyclic) bond motifs is 2. The highest BCUT2D eigenvalue weighted by atomic mass is 16.5. The molecule has 1 heterocycles. The minimum Gasteiger partial charge on any atom is -0.508 e. The molecule has 0 bridgehead atoms. The van der Waals surface area contributed by atoms with Gasteiger partial charge in [0.15, 0.2) is 0 Å². The monoisotopic (exact) mass is 370 g/mol. The molecule has 27 heavy (non-hydrogen) atoms. The van der Waals surface area contributed by atoms with E-state index in [9.17, 15) is 14.7 Å². The number of rotatable bonds is 1. The van der Waals surface area contributed by atoms with Gasteiger partial charge in [-0.25, -0.2) is 0 Å².